The molecule has 21 heavy (non-hydrogen) atoms. The molecule has 0 unspecified atom stereocenters. The number of thiophene rings is 1. The minimum Gasteiger partial charge on any atom is -0.477 e. The number of aromatic carboxylic acids is 1. The minimum atomic E-state index is -2.94. The van der Waals surface area contributed by atoms with Crippen LogP contribution in [-0.4, -0.2) is 23.6 Å². The third-order valence-corrected chi connectivity index (χ3v) is 3.35. The second kappa shape index (κ2) is 6.31. The van der Waals surface area contributed by atoms with Crippen LogP contribution in [0, 0.1) is 0 Å². The van der Waals surface area contributed by atoms with E-state index in [0.717, 1.165) is 11.3 Å². The van der Waals surface area contributed by atoms with Crippen molar-refractivity contribution in [1.29, 1.82) is 0 Å². The van der Waals surface area contributed by atoms with Crippen molar-refractivity contribution in [3.05, 3.63) is 46.2 Å². The lowest BCUT2D eigenvalue weighted by Gasteiger charge is -2.07. The molecule has 1 aromatic carbocycles. The number of ether oxygens (including phenoxy) is 1. The fourth-order valence-electron chi connectivity index (χ4n) is 1.56. The number of rotatable bonds is 5. The van der Waals surface area contributed by atoms with Gasteiger partial charge in [0.1, 0.15) is 10.6 Å². The Bertz CT molecular complexity index is 654. The summed E-state index contributed by atoms with van der Waals surface area (Å²) in [4.78, 5) is 22.9. The average Bonchev–Trinajstić information content (AvgIpc) is 2.87. The highest BCUT2D eigenvalue weighted by Crippen LogP contribution is 2.23. The molecular formula is C13H9F2NO4S. The first-order valence-corrected chi connectivity index (χ1v) is 6.52. The summed E-state index contributed by atoms with van der Waals surface area (Å²) in [5, 5.41) is 12.9. The molecule has 0 aliphatic carbocycles. The van der Waals surface area contributed by atoms with E-state index in [1.165, 1.54) is 30.3 Å². The number of halogens is 2. The van der Waals surface area contributed by atoms with Crippen LogP contribution in [0.25, 0.3) is 0 Å². The van der Waals surface area contributed by atoms with Gasteiger partial charge < -0.3 is 15.2 Å². The number of carboxylic acids is 1. The van der Waals surface area contributed by atoms with Gasteiger partial charge in [-0.3, -0.25) is 4.79 Å². The Labute approximate surface area is 121 Å². The lowest BCUT2D eigenvalue weighted by molar-refractivity contribution is -0.0498. The van der Waals surface area contributed by atoms with Crippen molar-refractivity contribution in [3.63, 3.8) is 0 Å². The third-order valence-electron chi connectivity index (χ3n) is 2.45. The number of nitrogens with one attached hydrogen (secondary N) is 1. The van der Waals surface area contributed by atoms with Crippen LogP contribution in [0.15, 0.2) is 35.7 Å². The van der Waals surface area contributed by atoms with Crippen LogP contribution in [0.3, 0.4) is 0 Å². The van der Waals surface area contributed by atoms with Crippen molar-refractivity contribution in [2.75, 3.05) is 5.32 Å². The van der Waals surface area contributed by atoms with Gasteiger partial charge in [-0.05, 0) is 35.7 Å². The molecule has 0 bridgehead atoms. The summed E-state index contributed by atoms with van der Waals surface area (Å²) < 4.78 is 28.2. The van der Waals surface area contributed by atoms with Gasteiger partial charge in [-0.2, -0.15) is 8.78 Å². The van der Waals surface area contributed by atoms with E-state index >= 15 is 0 Å². The molecule has 2 aromatic rings. The summed E-state index contributed by atoms with van der Waals surface area (Å²) in [6.07, 6.45) is 0. The van der Waals surface area contributed by atoms with Crippen LogP contribution >= 0.6 is 11.3 Å². The van der Waals surface area contributed by atoms with Crippen molar-refractivity contribution < 1.29 is 28.2 Å². The number of carboxylic acid groups (broad SMARTS) is 1. The molecule has 0 saturated heterocycles. The standard InChI is InChI=1S/C13H9F2NO4S/c14-13(15)20-8-3-1-7(2-4-8)11(17)16-9-5-6-21-10(9)12(18)19/h1-6,13H,(H,16,17)(H,18,19). The minimum absolute atomic E-state index is 0.0148. The topological polar surface area (TPSA) is 75.6 Å². The molecule has 0 atom stereocenters. The van der Waals surface area contributed by atoms with E-state index in [4.69, 9.17) is 5.11 Å². The number of benzene rings is 1. The SMILES string of the molecule is O=C(Nc1ccsc1C(=O)O)c1ccc(OC(F)F)cc1. The van der Waals surface area contributed by atoms with Crippen LogP contribution in [0.2, 0.25) is 0 Å². The second-order valence-electron chi connectivity index (χ2n) is 3.83. The molecule has 5 nitrogen and oxygen atoms in total. The van der Waals surface area contributed by atoms with Gasteiger partial charge in [-0.25, -0.2) is 4.79 Å². The van der Waals surface area contributed by atoms with E-state index in [-0.39, 0.29) is 21.9 Å². The molecule has 0 aliphatic rings. The van der Waals surface area contributed by atoms with E-state index in [1.807, 2.05) is 0 Å². The quantitative estimate of drug-likeness (QED) is 0.888. The Kier molecular flexibility index (Phi) is 4.49. The predicted molar refractivity (Wildman–Crippen MR) is 72.3 cm³/mol. The van der Waals surface area contributed by atoms with Gasteiger partial charge >= 0.3 is 12.6 Å². The number of hydrogen-bond donors (Lipinski definition) is 2. The van der Waals surface area contributed by atoms with E-state index in [9.17, 15) is 18.4 Å². The van der Waals surface area contributed by atoms with Crippen LogP contribution < -0.4 is 10.1 Å². The first kappa shape index (κ1) is 14.9. The van der Waals surface area contributed by atoms with Crippen molar-refractivity contribution >= 4 is 28.9 Å². The Morgan fingerprint density at radius 3 is 2.43 bits per heavy atom. The molecule has 1 aromatic heterocycles. The van der Waals surface area contributed by atoms with Crippen LogP contribution in [-0.2, 0) is 0 Å². The number of amides is 1. The maximum absolute atomic E-state index is 12.0. The maximum Gasteiger partial charge on any atom is 0.387 e. The maximum atomic E-state index is 12.0. The summed E-state index contributed by atoms with van der Waals surface area (Å²) in [6.45, 7) is -2.94. The van der Waals surface area contributed by atoms with Crippen LogP contribution in [0.4, 0.5) is 14.5 Å². The molecule has 0 radical (unpaired) electrons. The third kappa shape index (κ3) is 3.76. The first-order chi connectivity index (χ1) is 9.97. The zero-order chi connectivity index (χ0) is 15.4. The van der Waals surface area contributed by atoms with Gasteiger partial charge in [0.05, 0.1) is 5.69 Å². The summed E-state index contributed by atoms with van der Waals surface area (Å²) in [5.41, 5.74) is 0.379. The molecule has 1 amide bonds. The van der Waals surface area contributed by atoms with E-state index in [2.05, 4.69) is 10.1 Å². The zero-order valence-corrected chi connectivity index (χ0v) is 11.2. The molecular weight excluding hydrogens is 304 g/mol. The highest BCUT2D eigenvalue weighted by atomic mass is 32.1. The van der Waals surface area contributed by atoms with Gasteiger partial charge in [0.2, 0.25) is 0 Å². The van der Waals surface area contributed by atoms with Crippen molar-refractivity contribution in [2.45, 2.75) is 6.61 Å². The largest absolute Gasteiger partial charge is 0.477 e. The summed E-state index contributed by atoms with van der Waals surface area (Å²) in [5.74, 6) is -1.75. The molecule has 110 valence electrons. The summed E-state index contributed by atoms with van der Waals surface area (Å²) in [6, 6.07) is 6.54. The first-order valence-electron chi connectivity index (χ1n) is 5.64. The molecule has 0 saturated carbocycles. The highest BCUT2D eigenvalue weighted by Gasteiger charge is 2.15. The number of alkyl halides is 2. The van der Waals surface area contributed by atoms with E-state index in [0.29, 0.717) is 0 Å². The van der Waals surface area contributed by atoms with Gasteiger partial charge in [0.15, 0.2) is 0 Å². The molecule has 0 aliphatic heterocycles. The smallest absolute Gasteiger partial charge is 0.387 e. The predicted octanol–water partition coefficient (Wildman–Crippen LogP) is 3.30. The average molecular weight is 313 g/mol. The Morgan fingerprint density at radius 2 is 1.86 bits per heavy atom. The van der Waals surface area contributed by atoms with Crippen LogP contribution in [0.1, 0.15) is 20.0 Å². The molecule has 8 heteroatoms. The molecule has 2 N–H and O–H groups in total. The number of carbonyl (C=O) groups is 2. The van der Waals surface area contributed by atoms with Crippen LogP contribution in [0.5, 0.6) is 5.75 Å². The van der Waals surface area contributed by atoms with Gasteiger partial charge in [-0.15, -0.1) is 11.3 Å². The molecule has 2 rings (SSSR count). The normalized spacial score (nSPS) is 10.4. The van der Waals surface area contributed by atoms with Gasteiger partial charge in [-0.1, -0.05) is 0 Å². The number of carbonyl (C=O) groups excluding carboxylic acids is 1. The van der Waals surface area contributed by atoms with Crippen molar-refractivity contribution in [3.8, 4) is 5.75 Å². The Morgan fingerprint density at radius 1 is 1.19 bits per heavy atom. The lowest BCUT2D eigenvalue weighted by atomic mass is 10.2. The van der Waals surface area contributed by atoms with E-state index < -0.39 is 18.5 Å². The lowest BCUT2D eigenvalue weighted by Crippen LogP contribution is -2.13. The fraction of sp³-hybridized carbons (Fsp3) is 0.0769. The van der Waals surface area contributed by atoms with E-state index in [1.54, 1.807) is 5.38 Å². The molecule has 0 fully saturated rings. The monoisotopic (exact) mass is 313 g/mol. The van der Waals surface area contributed by atoms with Crippen molar-refractivity contribution in [2.24, 2.45) is 0 Å². The zero-order valence-electron chi connectivity index (χ0n) is 10.4. The Balaban J connectivity index is 2.10. The molecule has 0 spiro atoms. The molecule has 1 heterocycles. The number of anilines is 1. The van der Waals surface area contributed by atoms with Gasteiger partial charge in [0, 0.05) is 5.56 Å². The number of hydrogen-bond acceptors (Lipinski definition) is 4. The van der Waals surface area contributed by atoms with Crippen molar-refractivity contribution in [1.82, 2.24) is 0 Å². The Hall–Kier alpha value is -2.48. The van der Waals surface area contributed by atoms with Gasteiger partial charge in [0.25, 0.3) is 5.91 Å². The highest BCUT2D eigenvalue weighted by molar-refractivity contribution is 7.12. The fourth-order valence-corrected chi connectivity index (χ4v) is 2.24. The summed E-state index contributed by atoms with van der Waals surface area (Å²) in [7, 11) is 0. The summed E-state index contributed by atoms with van der Waals surface area (Å²) >= 11 is 0.986. The second-order valence-corrected chi connectivity index (χ2v) is 4.74.